The largest absolute Gasteiger partial charge is 0.423 e. The van der Waals surface area contributed by atoms with Crippen molar-refractivity contribution in [1.82, 2.24) is 15.2 Å². The number of piperazine rings is 1. The second kappa shape index (κ2) is 6.55. The third-order valence-electron chi connectivity index (χ3n) is 4.73. The minimum absolute atomic E-state index is 0.0405. The summed E-state index contributed by atoms with van der Waals surface area (Å²) < 4.78 is 5.82. The fraction of sp³-hybridized carbons (Fsp3) is 0.471. The van der Waals surface area contributed by atoms with Gasteiger partial charge in [0.15, 0.2) is 5.58 Å². The summed E-state index contributed by atoms with van der Waals surface area (Å²) in [6.07, 6.45) is 1.70. The maximum Gasteiger partial charge on any atom is 0.298 e. The Kier molecular flexibility index (Phi) is 4.25. The summed E-state index contributed by atoms with van der Waals surface area (Å²) in [5, 5.41) is 3.36. The lowest BCUT2D eigenvalue weighted by atomic mass is 9.96. The van der Waals surface area contributed by atoms with Crippen molar-refractivity contribution in [2.75, 3.05) is 37.6 Å². The van der Waals surface area contributed by atoms with Crippen LogP contribution in [0, 0.1) is 5.92 Å². The van der Waals surface area contributed by atoms with Gasteiger partial charge in [-0.15, -0.1) is 0 Å². The van der Waals surface area contributed by atoms with E-state index in [0.29, 0.717) is 41.8 Å². The van der Waals surface area contributed by atoms with Gasteiger partial charge in [0.25, 0.3) is 6.01 Å². The molecule has 1 atom stereocenters. The van der Waals surface area contributed by atoms with E-state index in [2.05, 4.69) is 10.3 Å². The number of nitrogens with zero attached hydrogens (tertiary/aromatic N) is 3. The van der Waals surface area contributed by atoms with E-state index in [1.165, 1.54) is 0 Å². The summed E-state index contributed by atoms with van der Waals surface area (Å²) in [5.41, 5.74) is 1.39. The van der Waals surface area contributed by atoms with Gasteiger partial charge < -0.3 is 19.5 Å². The molecule has 0 radical (unpaired) electrons. The molecule has 2 saturated heterocycles. The van der Waals surface area contributed by atoms with Crippen LogP contribution in [0.5, 0.6) is 0 Å². The Balaban J connectivity index is 1.49. The quantitative estimate of drug-likeness (QED) is 0.879. The number of rotatable bonds is 2. The number of fused-ring (bicyclic) bond motifs is 1. The van der Waals surface area contributed by atoms with Crippen LogP contribution in [0.25, 0.3) is 11.1 Å². The molecule has 0 bridgehead atoms. The number of anilines is 1. The predicted octanol–water partition coefficient (Wildman–Crippen LogP) is 1.66. The van der Waals surface area contributed by atoms with Crippen LogP contribution in [0.1, 0.15) is 12.8 Å². The van der Waals surface area contributed by atoms with E-state index in [-0.39, 0.29) is 24.3 Å². The summed E-state index contributed by atoms with van der Waals surface area (Å²) in [7, 11) is 0. The van der Waals surface area contributed by atoms with Crippen LogP contribution in [0.4, 0.5) is 6.01 Å². The molecule has 0 saturated carbocycles. The number of carbonyl (C=O) groups is 2. The number of hydrogen-bond acceptors (Lipinski definition) is 5. The highest BCUT2D eigenvalue weighted by atomic mass is 35.5. The molecule has 2 aliphatic rings. The van der Waals surface area contributed by atoms with Gasteiger partial charge in [-0.1, -0.05) is 11.6 Å². The molecule has 1 N–H and O–H groups in total. The molecule has 0 aliphatic carbocycles. The molecule has 7 nitrogen and oxygen atoms in total. The lowest BCUT2D eigenvalue weighted by Gasteiger charge is -2.35. The highest BCUT2D eigenvalue weighted by Crippen LogP contribution is 2.28. The van der Waals surface area contributed by atoms with Crippen molar-refractivity contribution in [2.24, 2.45) is 5.92 Å². The van der Waals surface area contributed by atoms with Crippen molar-refractivity contribution in [3.05, 3.63) is 23.2 Å². The standard InChI is InChI=1S/C17H19ClN4O3/c18-12-3-4-14-13(8-12)20-17(25-14)22-6-1-2-11(9-22)16(24)21-7-5-19-15(23)10-21/h3-4,8,11H,1-2,5-7,9-10H2,(H,19,23). The Bertz CT molecular complexity index is 821. The van der Waals surface area contributed by atoms with Gasteiger partial charge in [0.05, 0.1) is 12.5 Å². The molecular weight excluding hydrogens is 344 g/mol. The summed E-state index contributed by atoms with van der Waals surface area (Å²) in [6, 6.07) is 5.85. The number of benzene rings is 1. The molecule has 3 heterocycles. The topological polar surface area (TPSA) is 78.7 Å². The molecule has 2 amide bonds. The van der Waals surface area contributed by atoms with Gasteiger partial charge >= 0.3 is 0 Å². The zero-order valence-corrected chi connectivity index (χ0v) is 14.5. The Morgan fingerprint density at radius 1 is 1.36 bits per heavy atom. The number of aromatic nitrogens is 1. The van der Waals surface area contributed by atoms with Crippen LogP contribution in [-0.4, -0.2) is 54.4 Å². The maximum atomic E-state index is 12.7. The molecule has 1 aromatic carbocycles. The van der Waals surface area contributed by atoms with Crippen molar-refractivity contribution < 1.29 is 14.0 Å². The predicted molar refractivity (Wildman–Crippen MR) is 93.5 cm³/mol. The zero-order chi connectivity index (χ0) is 17.4. The van der Waals surface area contributed by atoms with Crippen molar-refractivity contribution in [1.29, 1.82) is 0 Å². The number of halogens is 1. The smallest absolute Gasteiger partial charge is 0.298 e. The van der Waals surface area contributed by atoms with Crippen LogP contribution in [0.15, 0.2) is 22.6 Å². The number of piperidine rings is 1. The first-order chi connectivity index (χ1) is 12.1. The highest BCUT2D eigenvalue weighted by molar-refractivity contribution is 6.31. The van der Waals surface area contributed by atoms with Crippen LogP contribution < -0.4 is 10.2 Å². The zero-order valence-electron chi connectivity index (χ0n) is 13.7. The van der Waals surface area contributed by atoms with E-state index in [1.54, 1.807) is 23.1 Å². The summed E-state index contributed by atoms with van der Waals surface area (Å²) in [6.45, 7) is 2.59. The Morgan fingerprint density at radius 2 is 2.24 bits per heavy atom. The molecule has 2 fully saturated rings. The summed E-state index contributed by atoms with van der Waals surface area (Å²) >= 11 is 6.00. The van der Waals surface area contributed by atoms with Crippen molar-refractivity contribution >= 4 is 40.5 Å². The molecule has 25 heavy (non-hydrogen) atoms. The van der Waals surface area contributed by atoms with E-state index in [4.69, 9.17) is 16.0 Å². The SMILES string of the molecule is O=C1CN(C(=O)C2CCCN(c3nc4cc(Cl)ccc4o3)C2)CCN1. The van der Waals surface area contributed by atoms with Gasteiger partial charge in [0, 0.05) is 31.2 Å². The molecule has 8 heteroatoms. The van der Waals surface area contributed by atoms with E-state index >= 15 is 0 Å². The van der Waals surface area contributed by atoms with Gasteiger partial charge in [0.1, 0.15) is 5.52 Å². The lowest BCUT2D eigenvalue weighted by Crippen LogP contribution is -2.53. The van der Waals surface area contributed by atoms with Crippen LogP contribution in [-0.2, 0) is 9.59 Å². The first-order valence-corrected chi connectivity index (χ1v) is 8.84. The second-order valence-corrected chi connectivity index (χ2v) is 6.94. The monoisotopic (exact) mass is 362 g/mol. The molecule has 2 aliphatic heterocycles. The molecular formula is C17H19ClN4O3. The third-order valence-corrected chi connectivity index (χ3v) is 4.96. The Morgan fingerprint density at radius 3 is 3.08 bits per heavy atom. The molecule has 1 aromatic heterocycles. The van der Waals surface area contributed by atoms with Crippen LogP contribution in [0.2, 0.25) is 5.02 Å². The first-order valence-electron chi connectivity index (χ1n) is 8.47. The van der Waals surface area contributed by atoms with E-state index in [9.17, 15) is 9.59 Å². The van der Waals surface area contributed by atoms with E-state index in [0.717, 1.165) is 19.4 Å². The van der Waals surface area contributed by atoms with Crippen LogP contribution in [0.3, 0.4) is 0 Å². The second-order valence-electron chi connectivity index (χ2n) is 6.50. The van der Waals surface area contributed by atoms with Crippen molar-refractivity contribution in [3.63, 3.8) is 0 Å². The fourth-order valence-electron chi connectivity index (χ4n) is 3.46. The summed E-state index contributed by atoms with van der Waals surface area (Å²) in [5.74, 6) is -0.194. The molecule has 1 unspecified atom stereocenters. The van der Waals surface area contributed by atoms with Crippen molar-refractivity contribution in [3.8, 4) is 0 Å². The lowest BCUT2D eigenvalue weighted by molar-refractivity contribution is -0.141. The Hall–Kier alpha value is -2.28. The van der Waals surface area contributed by atoms with E-state index < -0.39 is 0 Å². The first kappa shape index (κ1) is 16.2. The average molecular weight is 363 g/mol. The normalized spacial score (nSPS) is 21.5. The van der Waals surface area contributed by atoms with Gasteiger partial charge in [-0.3, -0.25) is 9.59 Å². The van der Waals surface area contributed by atoms with Crippen molar-refractivity contribution in [2.45, 2.75) is 12.8 Å². The Labute approximate surface area is 149 Å². The maximum absolute atomic E-state index is 12.7. The van der Waals surface area contributed by atoms with Gasteiger partial charge in [-0.25, -0.2) is 0 Å². The number of oxazole rings is 1. The number of hydrogen-bond donors (Lipinski definition) is 1. The molecule has 0 spiro atoms. The highest BCUT2D eigenvalue weighted by Gasteiger charge is 2.32. The average Bonchev–Trinajstić information content (AvgIpc) is 3.04. The summed E-state index contributed by atoms with van der Waals surface area (Å²) in [4.78, 5) is 32.4. The fourth-order valence-corrected chi connectivity index (χ4v) is 3.63. The molecule has 4 rings (SSSR count). The third kappa shape index (κ3) is 3.28. The minimum Gasteiger partial charge on any atom is -0.423 e. The van der Waals surface area contributed by atoms with E-state index in [1.807, 2.05) is 4.90 Å². The number of nitrogens with one attached hydrogen (secondary N) is 1. The minimum atomic E-state index is -0.141. The molecule has 2 aromatic rings. The molecule has 132 valence electrons. The number of amides is 2. The van der Waals surface area contributed by atoms with Gasteiger partial charge in [-0.05, 0) is 31.0 Å². The van der Waals surface area contributed by atoms with Gasteiger partial charge in [-0.2, -0.15) is 4.98 Å². The van der Waals surface area contributed by atoms with Crippen LogP contribution >= 0.6 is 11.6 Å². The van der Waals surface area contributed by atoms with Gasteiger partial charge in [0.2, 0.25) is 11.8 Å². The number of carbonyl (C=O) groups excluding carboxylic acids is 2.